The van der Waals surface area contributed by atoms with Gasteiger partial charge in [-0.1, -0.05) is 36.4 Å². The van der Waals surface area contributed by atoms with Gasteiger partial charge in [-0.25, -0.2) is 0 Å². The highest BCUT2D eigenvalue weighted by Crippen LogP contribution is 2.46. The number of hydrogen-bond acceptors (Lipinski definition) is 2. The molecule has 3 nitrogen and oxygen atoms in total. The van der Waals surface area contributed by atoms with Gasteiger partial charge in [-0.3, -0.25) is 10.2 Å². The minimum Gasteiger partial charge on any atom is -0.287 e. The molecule has 0 saturated carbocycles. The zero-order valence-electron chi connectivity index (χ0n) is 13.1. The Kier molecular flexibility index (Phi) is 4.12. The summed E-state index contributed by atoms with van der Waals surface area (Å²) in [6.45, 7) is 3.25. The quantitative estimate of drug-likeness (QED) is 0.790. The van der Waals surface area contributed by atoms with Gasteiger partial charge in [0.25, 0.3) is 0 Å². The highest BCUT2D eigenvalue weighted by atomic mass is 79.9. The molecule has 0 bridgehead atoms. The van der Waals surface area contributed by atoms with Crippen molar-refractivity contribution in [1.29, 1.82) is 0 Å². The molecule has 0 aromatic heterocycles. The summed E-state index contributed by atoms with van der Waals surface area (Å²) >= 11 is 3.34. The minimum atomic E-state index is -4.54. The summed E-state index contributed by atoms with van der Waals surface area (Å²) in [5.41, 5.74) is 1.52. The third kappa shape index (κ3) is 2.91. The van der Waals surface area contributed by atoms with Gasteiger partial charge in [0.2, 0.25) is 5.91 Å². The first-order valence-corrected chi connectivity index (χ1v) is 8.23. The monoisotopic (exact) mass is 400 g/mol. The van der Waals surface area contributed by atoms with Crippen LogP contribution in [-0.4, -0.2) is 22.6 Å². The van der Waals surface area contributed by atoms with E-state index in [4.69, 9.17) is 0 Å². The normalized spacial score (nSPS) is 19.5. The summed E-state index contributed by atoms with van der Waals surface area (Å²) in [4.78, 5) is 11.7. The average Bonchev–Trinajstić information content (AvgIpc) is 2.73. The molecular weight excluding hydrogens is 385 g/mol. The molecule has 24 heavy (non-hydrogen) atoms. The van der Waals surface area contributed by atoms with Crippen molar-refractivity contribution in [2.45, 2.75) is 38.0 Å². The molecular formula is C17H16BrF3N2O. The summed E-state index contributed by atoms with van der Waals surface area (Å²) in [7, 11) is 0. The van der Waals surface area contributed by atoms with Crippen molar-refractivity contribution in [2.24, 2.45) is 0 Å². The first kappa shape index (κ1) is 17.2. The summed E-state index contributed by atoms with van der Waals surface area (Å²) < 4.78 is 42.1. The van der Waals surface area contributed by atoms with Crippen molar-refractivity contribution >= 4 is 32.6 Å². The van der Waals surface area contributed by atoms with Crippen molar-refractivity contribution in [3.05, 3.63) is 46.4 Å². The van der Waals surface area contributed by atoms with Gasteiger partial charge in [-0.15, -0.1) is 0 Å². The van der Waals surface area contributed by atoms with Crippen LogP contribution in [0.2, 0.25) is 0 Å². The molecule has 2 aromatic rings. The van der Waals surface area contributed by atoms with E-state index in [-0.39, 0.29) is 12.0 Å². The minimum absolute atomic E-state index is 0.0186. The Morgan fingerprint density at radius 1 is 1.21 bits per heavy atom. The Hall–Kier alpha value is -1.60. The number of rotatable bonds is 2. The van der Waals surface area contributed by atoms with E-state index in [1.807, 2.05) is 12.1 Å². The average molecular weight is 401 g/mol. The first-order valence-electron chi connectivity index (χ1n) is 7.44. The number of nitrogens with one attached hydrogen (secondary N) is 1. The lowest BCUT2D eigenvalue weighted by atomic mass is 9.95. The van der Waals surface area contributed by atoms with Crippen LogP contribution in [0.5, 0.6) is 0 Å². The Balaban J connectivity index is 2.18. The van der Waals surface area contributed by atoms with Crippen LogP contribution in [0.25, 0.3) is 10.8 Å². The topological polar surface area (TPSA) is 32.3 Å². The molecule has 128 valence electrons. The van der Waals surface area contributed by atoms with Crippen molar-refractivity contribution in [3.8, 4) is 0 Å². The number of nitrogens with zero attached hydrogens (tertiary/aromatic N) is 1. The SMILES string of the molecule is CC1(C)CC(=O)NN1[C@@H](c1ccc2ccccc2c1Br)C(F)(F)F. The van der Waals surface area contributed by atoms with E-state index >= 15 is 0 Å². The number of carbonyl (C=O) groups excluding carboxylic acids is 1. The molecule has 1 heterocycles. The van der Waals surface area contributed by atoms with E-state index in [0.717, 1.165) is 10.4 Å². The number of alkyl halides is 3. The third-order valence-electron chi connectivity index (χ3n) is 4.25. The van der Waals surface area contributed by atoms with Gasteiger partial charge in [-0.2, -0.15) is 18.2 Å². The number of halogens is 4. The molecule has 0 aliphatic carbocycles. The van der Waals surface area contributed by atoms with E-state index < -0.39 is 23.7 Å². The van der Waals surface area contributed by atoms with Gasteiger partial charge in [0, 0.05) is 16.4 Å². The fourth-order valence-electron chi connectivity index (χ4n) is 3.14. The number of benzene rings is 2. The van der Waals surface area contributed by atoms with E-state index in [1.165, 1.54) is 6.07 Å². The van der Waals surface area contributed by atoms with Gasteiger partial charge in [0.15, 0.2) is 6.04 Å². The largest absolute Gasteiger partial charge is 0.409 e. The Morgan fingerprint density at radius 2 is 1.88 bits per heavy atom. The van der Waals surface area contributed by atoms with E-state index in [1.54, 1.807) is 32.0 Å². The summed E-state index contributed by atoms with van der Waals surface area (Å²) in [5.74, 6) is -0.411. The molecule has 1 atom stereocenters. The van der Waals surface area contributed by atoms with Gasteiger partial charge in [0.05, 0.1) is 0 Å². The fraction of sp³-hybridized carbons (Fsp3) is 0.353. The van der Waals surface area contributed by atoms with E-state index in [0.29, 0.717) is 9.86 Å². The highest BCUT2D eigenvalue weighted by Gasteiger charge is 2.53. The Morgan fingerprint density at radius 3 is 2.46 bits per heavy atom. The maximum atomic E-state index is 13.9. The van der Waals surface area contributed by atoms with Crippen LogP contribution in [0, 0.1) is 0 Å². The number of hydrazine groups is 1. The van der Waals surface area contributed by atoms with E-state index in [9.17, 15) is 18.0 Å². The molecule has 1 fully saturated rings. The predicted molar refractivity (Wildman–Crippen MR) is 89.1 cm³/mol. The summed E-state index contributed by atoms with van der Waals surface area (Å²) in [5, 5.41) is 2.57. The molecule has 2 aromatic carbocycles. The van der Waals surface area contributed by atoms with Gasteiger partial charge in [0.1, 0.15) is 0 Å². The van der Waals surface area contributed by atoms with Gasteiger partial charge < -0.3 is 0 Å². The van der Waals surface area contributed by atoms with Crippen LogP contribution >= 0.6 is 15.9 Å². The molecule has 1 saturated heterocycles. The molecule has 1 aliphatic heterocycles. The lowest BCUT2D eigenvalue weighted by molar-refractivity contribution is -0.204. The van der Waals surface area contributed by atoms with Crippen molar-refractivity contribution < 1.29 is 18.0 Å². The molecule has 7 heteroatoms. The smallest absolute Gasteiger partial charge is 0.287 e. The second kappa shape index (κ2) is 5.74. The first-order chi connectivity index (χ1) is 11.1. The Bertz CT molecular complexity index is 804. The maximum absolute atomic E-state index is 13.9. The molecule has 1 aliphatic rings. The molecule has 0 unspecified atom stereocenters. The Labute approximate surface area is 145 Å². The zero-order chi connectivity index (χ0) is 17.7. The molecule has 1 amide bonds. The molecule has 0 spiro atoms. The third-order valence-corrected chi connectivity index (χ3v) is 5.13. The van der Waals surface area contributed by atoms with E-state index in [2.05, 4.69) is 21.4 Å². The van der Waals surface area contributed by atoms with Crippen LogP contribution in [0.3, 0.4) is 0 Å². The zero-order valence-corrected chi connectivity index (χ0v) is 14.7. The van der Waals surface area contributed by atoms with Crippen molar-refractivity contribution in [1.82, 2.24) is 10.4 Å². The molecule has 0 radical (unpaired) electrons. The number of hydrogen-bond donors (Lipinski definition) is 1. The number of carbonyl (C=O) groups is 1. The predicted octanol–water partition coefficient (Wildman–Crippen LogP) is 4.72. The highest BCUT2D eigenvalue weighted by molar-refractivity contribution is 9.10. The second-order valence-corrected chi connectivity index (χ2v) is 7.32. The van der Waals surface area contributed by atoms with Gasteiger partial charge >= 0.3 is 6.18 Å². The molecule has 3 rings (SSSR count). The second-order valence-electron chi connectivity index (χ2n) is 6.53. The summed E-state index contributed by atoms with van der Waals surface area (Å²) in [6, 6.07) is 8.42. The van der Waals surface area contributed by atoms with Crippen LogP contribution in [0.15, 0.2) is 40.9 Å². The summed E-state index contributed by atoms with van der Waals surface area (Å²) in [6.07, 6.45) is -4.52. The number of fused-ring (bicyclic) bond motifs is 1. The number of amides is 1. The lowest BCUT2D eigenvalue weighted by Crippen LogP contribution is -2.51. The van der Waals surface area contributed by atoms with Crippen LogP contribution in [-0.2, 0) is 4.79 Å². The van der Waals surface area contributed by atoms with Crippen molar-refractivity contribution in [2.75, 3.05) is 0 Å². The van der Waals surface area contributed by atoms with Crippen LogP contribution < -0.4 is 5.43 Å². The lowest BCUT2D eigenvalue weighted by Gasteiger charge is -2.38. The van der Waals surface area contributed by atoms with Gasteiger partial charge in [-0.05, 0) is 46.1 Å². The standard InChI is InChI=1S/C17H16BrF3N2O/c1-16(2)9-13(24)22-23(16)15(17(19,20)21)12-8-7-10-5-3-4-6-11(10)14(12)18/h3-8,15H,9H2,1-2H3,(H,22,24)/t15-/m0/s1. The fourth-order valence-corrected chi connectivity index (χ4v) is 3.85. The van der Waals surface area contributed by atoms with Crippen LogP contribution in [0.1, 0.15) is 31.9 Å². The van der Waals surface area contributed by atoms with Crippen molar-refractivity contribution in [3.63, 3.8) is 0 Å². The molecule has 1 N–H and O–H groups in total. The van der Waals surface area contributed by atoms with Crippen LogP contribution in [0.4, 0.5) is 13.2 Å². The maximum Gasteiger partial charge on any atom is 0.409 e.